The molecule has 0 radical (unpaired) electrons. The van der Waals surface area contributed by atoms with E-state index in [1.54, 1.807) is 24.0 Å². The van der Waals surface area contributed by atoms with Crippen LogP contribution in [0.5, 0.6) is 0 Å². The van der Waals surface area contributed by atoms with E-state index in [9.17, 15) is 18.8 Å². The average Bonchev–Trinajstić information content (AvgIpc) is 3.35. The van der Waals surface area contributed by atoms with E-state index in [4.69, 9.17) is 4.74 Å². The van der Waals surface area contributed by atoms with Crippen LogP contribution in [-0.4, -0.2) is 51.8 Å². The van der Waals surface area contributed by atoms with Crippen LogP contribution in [0.4, 0.5) is 4.39 Å². The largest absolute Gasteiger partial charge is 0.466 e. The standard InChI is InChI=1S/C30H36FN3O4/c1-3-18-33(28(35)16-17-30(37)38-4-2)23-29(36)34(21-24-9-6-5-7-10-24)22-27-11-8-19-32(27)20-25-12-14-26(31)15-13-25/h5-15,19H,3-4,16-18,20-23H2,1-2H3. The molecule has 0 unspecified atom stereocenters. The molecule has 0 fully saturated rings. The lowest BCUT2D eigenvalue weighted by atomic mass is 10.2. The smallest absolute Gasteiger partial charge is 0.306 e. The molecular weight excluding hydrogens is 485 g/mol. The Morgan fingerprint density at radius 2 is 1.55 bits per heavy atom. The summed E-state index contributed by atoms with van der Waals surface area (Å²) in [5, 5.41) is 0. The highest BCUT2D eigenvalue weighted by atomic mass is 19.1. The number of benzene rings is 2. The fourth-order valence-corrected chi connectivity index (χ4v) is 4.19. The molecule has 0 spiro atoms. The van der Waals surface area contributed by atoms with Crippen LogP contribution in [0.3, 0.4) is 0 Å². The van der Waals surface area contributed by atoms with Crippen LogP contribution in [0.15, 0.2) is 72.9 Å². The molecule has 8 heteroatoms. The summed E-state index contributed by atoms with van der Waals surface area (Å²) >= 11 is 0. The number of rotatable bonds is 14. The van der Waals surface area contributed by atoms with Gasteiger partial charge in [0.2, 0.25) is 11.8 Å². The number of aromatic nitrogens is 1. The first kappa shape index (κ1) is 28.6. The zero-order chi connectivity index (χ0) is 27.3. The van der Waals surface area contributed by atoms with Gasteiger partial charge >= 0.3 is 5.97 Å². The van der Waals surface area contributed by atoms with E-state index in [0.717, 1.165) is 16.8 Å². The number of hydrogen-bond donors (Lipinski definition) is 0. The molecule has 0 N–H and O–H groups in total. The van der Waals surface area contributed by atoms with Crippen LogP contribution >= 0.6 is 0 Å². The van der Waals surface area contributed by atoms with Gasteiger partial charge in [-0.2, -0.15) is 0 Å². The second kappa shape index (κ2) is 14.7. The predicted molar refractivity (Wildman–Crippen MR) is 143 cm³/mol. The lowest BCUT2D eigenvalue weighted by Gasteiger charge is -2.28. The topological polar surface area (TPSA) is 71.9 Å². The van der Waals surface area contributed by atoms with Gasteiger partial charge in [-0.15, -0.1) is 0 Å². The monoisotopic (exact) mass is 521 g/mol. The third-order valence-corrected chi connectivity index (χ3v) is 6.13. The molecule has 202 valence electrons. The first-order valence-electron chi connectivity index (χ1n) is 13.0. The van der Waals surface area contributed by atoms with Crippen LogP contribution in [0.25, 0.3) is 0 Å². The molecule has 0 aliphatic heterocycles. The molecule has 1 aromatic heterocycles. The number of amides is 2. The highest BCUT2D eigenvalue weighted by Crippen LogP contribution is 2.15. The van der Waals surface area contributed by atoms with Crippen molar-refractivity contribution in [3.63, 3.8) is 0 Å². The number of esters is 1. The Morgan fingerprint density at radius 1 is 0.816 bits per heavy atom. The maximum atomic E-state index is 13.6. The van der Waals surface area contributed by atoms with Crippen LogP contribution in [-0.2, 0) is 38.8 Å². The molecule has 0 atom stereocenters. The molecule has 0 saturated carbocycles. The van der Waals surface area contributed by atoms with Crippen molar-refractivity contribution >= 4 is 17.8 Å². The molecule has 3 rings (SSSR count). The molecule has 2 amide bonds. The molecule has 0 aliphatic carbocycles. The lowest BCUT2D eigenvalue weighted by molar-refractivity contribution is -0.146. The fourth-order valence-electron chi connectivity index (χ4n) is 4.19. The number of halogens is 1. The Bertz CT molecular complexity index is 1180. The summed E-state index contributed by atoms with van der Waals surface area (Å²) in [4.78, 5) is 41.5. The summed E-state index contributed by atoms with van der Waals surface area (Å²) in [5.74, 6) is -1.13. The second-order valence-corrected chi connectivity index (χ2v) is 9.11. The Morgan fingerprint density at radius 3 is 2.24 bits per heavy atom. The van der Waals surface area contributed by atoms with Gasteiger partial charge in [-0.25, -0.2) is 4.39 Å². The van der Waals surface area contributed by atoms with Crippen LogP contribution in [0, 0.1) is 5.82 Å². The Balaban J connectivity index is 1.75. The molecule has 7 nitrogen and oxygen atoms in total. The lowest BCUT2D eigenvalue weighted by Crippen LogP contribution is -2.43. The summed E-state index contributed by atoms with van der Waals surface area (Å²) in [6, 6.07) is 20.0. The molecule has 0 saturated heterocycles. The van der Waals surface area contributed by atoms with Gasteiger partial charge in [0.25, 0.3) is 0 Å². The summed E-state index contributed by atoms with van der Waals surface area (Å²) in [7, 11) is 0. The first-order valence-corrected chi connectivity index (χ1v) is 13.0. The number of ether oxygens (including phenoxy) is 1. The summed E-state index contributed by atoms with van der Waals surface area (Å²) in [6.45, 7) is 5.57. The second-order valence-electron chi connectivity index (χ2n) is 9.11. The van der Waals surface area contributed by atoms with Crippen molar-refractivity contribution in [2.24, 2.45) is 0 Å². The molecule has 0 aliphatic rings. The van der Waals surface area contributed by atoms with Crippen molar-refractivity contribution in [3.8, 4) is 0 Å². The number of hydrogen-bond acceptors (Lipinski definition) is 4. The zero-order valence-corrected chi connectivity index (χ0v) is 22.1. The van der Waals surface area contributed by atoms with E-state index < -0.39 is 5.97 Å². The number of nitrogens with zero attached hydrogens (tertiary/aromatic N) is 3. The predicted octanol–water partition coefficient (Wildman–Crippen LogP) is 4.79. The molecule has 38 heavy (non-hydrogen) atoms. The van der Waals surface area contributed by atoms with Crippen molar-refractivity contribution in [3.05, 3.63) is 95.6 Å². The third-order valence-electron chi connectivity index (χ3n) is 6.13. The molecule has 3 aromatic rings. The average molecular weight is 522 g/mol. The highest BCUT2D eigenvalue weighted by Gasteiger charge is 2.23. The van der Waals surface area contributed by atoms with Gasteiger partial charge in [-0.1, -0.05) is 49.4 Å². The molecule has 1 heterocycles. The van der Waals surface area contributed by atoms with Gasteiger partial charge in [-0.05, 0) is 48.7 Å². The molecule has 2 aromatic carbocycles. The highest BCUT2D eigenvalue weighted by molar-refractivity contribution is 5.86. The SMILES string of the molecule is CCCN(CC(=O)N(Cc1ccccc1)Cc1cccn1Cc1ccc(F)cc1)C(=O)CCC(=O)OCC. The van der Waals surface area contributed by atoms with E-state index in [1.807, 2.05) is 60.2 Å². The zero-order valence-electron chi connectivity index (χ0n) is 22.1. The Hall–Kier alpha value is -3.94. The van der Waals surface area contributed by atoms with E-state index in [-0.39, 0.29) is 43.6 Å². The van der Waals surface area contributed by atoms with Crippen molar-refractivity contribution in [2.45, 2.75) is 52.7 Å². The maximum Gasteiger partial charge on any atom is 0.306 e. The van der Waals surface area contributed by atoms with Crippen molar-refractivity contribution in [2.75, 3.05) is 19.7 Å². The van der Waals surface area contributed by atoms with Gasteiger partial charge < -0.3 is 19.1 Å². The van der Waals surface area contributed by atoms with Gasteiger partial charge in [0.15, 0.2) is 0 Å². The van der Waals surface area contributed by atoms with Crippen molar-refractivity contribution in [1.29, 1.82) is 0 Å². The first-order chi connectivity index (χ1) is 18.4. The third kappa shape index (κ3) is 8.87. The van der Waals surface area contributed by atoms with E-state index in [1.165, 1.54) is 17.0 Å². The fraction of sp³-hybridized carbons (Fsp3) is 0.367. The van der Waals surface area contributed by atoms with Gasteiger partial charge in [0.05, 0.1) is 26.1 Å². The number of carbonyl (C=O) groups is 3. The minimum Gasteiger partial charge on any atom is -0.466 e. The quantitative estimate of drug-likeness (QED) is 0.286. The summed E-state index contributed by atoms with van der Waals surface area (Å²) in [6.07, 6.45) is 2.63. The van der Waals surface area contributed by atoms with E-state index in [2.05, 4.69) is 0 Å². The van der Waals surface area contributed by atoms with E-state index >= 15 is 0 Å². The normalized spacial score (nSPS) is 10.7. The Kier molecular flexibility index (Phi) is 11.1. The van der Waals surface area contributed by atoms with Crippen LogP contribution in [0.2, 0.25) is 0 Å². The van der Waals surface area contributed by atoms with E-state index in [0.29, 0.717) is 32.6 Å². The van der Waals surface area contributed by atoms with Gasteiger partial charge in [0.1, 0.15) is 5.82 Å². The van der Waals surface area contributed by atoms with Crippen molar-refractivity contribution < 1.29 is 23.5 Å². The minimum absolute atomic E-state index is 0.00528. The van der Waals surface area contributed by atoms with Gasteiger partial charge in [-0.3, -0.25) is 14.4 Å². The molecular formula is C30H36FN3O4. The number of carbonyl (C=O) groups excluding carboxylic acids is 3. The maximum absolute atomic E-state index is 13.6. The minimum atomic E-state index is -0.420. The summed E-state index contributed by atoms with van der Waals surface area (Å²) in [5.41, 5.74) is 2.86. The van der Waals surface area contributed by atoms with Crippen molar-refractivity contribution in [1.82, 2.24) is 14.4 Å². The van der Waals surface area contributed by atoms with Crippen LogP contribution in [0.1, 0.15) is 49.9 Å². The van der Waals surface area contributed by atoms with Gasteiger partial charge in [0, 0.05) is 37.9 Å². The molecule has 0 bridgehead atoms. The summed E-state index contributed by atoms with van der Waals surface area (Å²) < 4.78 is 20.3. The Labute approximate surface area is 223 Å². The van der Waals surface area contributed by atoms with Crippen LogP contribution < -0.4 is 0 Å².